The second-order valence-electron chi connectivity index (χ2n) is 6.87. The lowest BCUT2D eigenvalue weighted by molar-refractivity contribution is -0.143. The molecular weight excluding hydrogens is 373 g/mol. The maximum atomic E-state index is 12.1. The zero-order valence-corrected chi connectivity index (χ0v) is 16.4. The highest BCUT2D eigenvalue weighted by atomic mass is 35.5. The molecule has 2 aromatic carbocycles. The van der Waals surface area contributed by atoms with Crippen LogP contribution in [0, 0.1) is 0 Å². The molecule has 0 atom stereocenters. The normalized spacial score (nSPS) is 11.1. The van der Waals surface area contributed by atoms with Crippen LogP contribution >= 0.6 is 23.2 Å². The van der Waals surface area contributed by atoms with Gasteiger partial charge in [0, 0.05) is 21.2 Å². The highest BCUT2D eigenvalue weighted by molar-refractivity contribution is 6.35. The van der Waals surface area contributed by atoms with Gasteiger partial charge in [-0.15, -0.1) is 0 Å². The van der Waals surface area contributed by atoms with Crippen molar-refractivity contribution in [3.8, 4) is 0 Å². The monoisotopic (exact) mass is 393 g/mol. The molecule has 0 heterocycles. The molecule has 1 N–H and O–H groups in total. The molecule has 0 bridgehead atoms. The molecule has 0 aromatic heterocycles. The number of halogens is 2. The molecule has 2 rings (SSSR count). The summed E-state index contributed by atoms with van der Waals surface area (Å²) in [5.74, 6) is -0.904. The minimum Gasteiger partial charge on any atom is -0.459 e. The predicted molar refractivity (Wildman–Crippen MR) is 104 cm³/mol. The summed E-state index contributed by atoms with van der Waals surface area (Å²) in [6.07, 6.45) is 0. The molecule has 0 saturated heterocycles. The minimum absolute atomic E-state index is 0.0127. The lowest BCUT2D eigenvalue weighted by atomic mass is 9.87. The summed E-state index contributed by atoms with van der Waals surface area (Å²) in [5, 5.41) is 3.39. The summed E-state index contributed by atoms with van der Waals surface area (Å²) in [7, 11) is 0. The van der Waals surface area contributed by atoms with E-state index in [1.807, 2.05) is 12.1 Å². The summed E-state index contributed by atoms with van der Waals surface area (Å²) < 4.78 is 5.12. The van der Waals surface area contributed by atoms with Gasteiger partial charge in [-0.05, 0) is 35.2 Å². The summed E-state index contributed by atoms with van der Waals surface area (Å²) in [6.45, 7) is 6.02. The van der Waals surface area contributed by atoms with E-state index in [1.165, 1.54) is 0 Å². The van der Waals surface area contributed by atoms with Crippen LogP contribution in [-0.2, 0) is 21.6 Å². The van der Waals surface area contributed by atoms with Gasteiger partial charge in [-0.3, -0.25) is 9.59 Å². The zero-order chi connectivity index (χ0) is 19.3. The molecule has 0 unspecified atom stereocenters. The van der Waals surface area contributed by atoms with Gasteiger partial charge in [0.25, 0.3) is 5.91 Å². The fourth-order valence-electron chi connectivity index (χ4n) is 2.25. The van der Waals surface area contributed by atoms with Gasteiger partial charge in [0.05, 0.1) is 0 Å². The van der Waals surface area contributed by atoms with E-state index < -0.39 is 5.97 Å². The van der Waals surface area contributed by atoms with Gasteiger partial charge >= 0.3 is 5.97 Å². The molecular formula is C20H21Cl2NO3. The zero-order valence-electron chi connectivity index (χ0n) is 14.9. The molecule has 0 aliphatic rings. The molecule has 0 spiro atoms. The van der Waals surface area contributed by atoms with Crippen LogP contribution in [0.3, 0.4) is 0 Å². The number of carbonyl (C=O) groups excluding carboxylic acids is 2. The summed E-state index contributed by atoms with van der Waals surface area (Å²) in [6, 6.07) is 12.3. The lowest BCUT2D eigenvalue weighted by Crippen LogP contribution is -2.30. The van der Waals surface area contributed by atoms with Crippen LogP contribution in [0.15, 0.2) is 42.5 Å². The van der Waals surface area contributed by atoms with Gasteiger partial charge in [0.15, 0.2) is 0 Å². The van der Waals surface area contributed by atoms with Crippen molar-refractivity contribution in [1.29, 1.82) is 0 Å². The van der Waals surface area contributed by atoms with Gasteiger partial charge in [-0.25, -0.2) is 0 Å². The Balaban J connectivity index is 1.86. The van der Waals surface area contributed by atoms with Crippen LogP contribution in [0.5, 0.6) is 0 Å². The fraction of sp³-hybridized carbons (Fsp3) is 0.300. The van der Waals surface area contributed by atoms with Crippen molar-refractivity contribution in [3.05, 3.63) is 69.2 Å². The van der Waals surface area contributed by atoms with E-state index in [0.29, 0.717) is 21.2 Å². The summed E-state index contributed by atoms with van der Waals surface area (Å²) in [4.78, 5) is 24.0. The molecule has 0 saturated carbocycles. The second-order valence-corrected chi connectivity index (χ2v) is 7.69. The van der Waals surface area contributed by atoms with Gasteiger partial charge < -0.3 is 10.1 Å². The number of hydrogen-bond acceptors (Lipinski definition) is 3. The largest absolute Gasteiger partial charge is 0.459 e. The van der Waals surface area contributed by atoms with Gasteiger partial charge in [0.1, 0.15) is 13.2 Å². The number of rotatable bonds is 5. The summed E-state index contributed by atoms with van der Waals surface area (Å²) >= 11 is 12.0. The SMILES string of the molecule is CC(C)(C)c1ccc(C(=O)NCC(=O)OCc2c(Cl)cccc2Cl)cc1. The van der Waals surface area contributed by atoms with Crippen molar-refractivity contribution < 1.29 is 14.3 Å². The van der Waals surface area contributed by atoms with E-state index in [9.17, 15) is 9.59 Å². The Bertz CT molecular complexity index is 775. The first-order chi connectivity index (χ1) is 12.2. The van der Waals surface area contributed by atoms with Crippen LogP contribution in [0.2, 0.25) is 10.0 Å². The molecule has 6 heteroatoms. The van der Waals surface area contributed by atoms with Crippen molar-refractivity contribution in [1.82, 2.24) is 5.32 Å². The van der Waals surface area contributed by atoms with E-state index >= 15 is 0 Å². The fourth-order valence-corrected chi connectivity index (χ4v) is 2.76. The van der Waals surface area contributed by atoms with E-state index in [1.54, 1.807) is 30.3 Å². The van der Waals surface area contributed by atoms with Crippen molar-refractivity contribution in [2.24, 2.45) is 0 Å². The maximum absolute atomic E-state index is 12.1. The van der Waals surface area contributed by atoms with Crippen LogP contribution < -0.4 is 5.32 Å². The smallest absolute Gasteiger partial charge is 0.325 e. The lowest BCUT2D eigenvalue weighted by Gasteiger charge is -2.19. The summed E-state index contributed by atoms with van der Waals surface area (Å²) in [5.41, 5.74) is 2.16. The van der Waals surface area contributed by atoms with Crippen LogP contribution in [0.4, 0.5) is 0 Å². The van der Waals surface area contributed by atoms with E-state index in [2.05, 4.69) is 26.1 Å². The third-order valence-electron chi connectivity index (χ3n) is 3.85. The van der Waals surface area contributed by atoms with Crippen LogP contribution in [0.25, 0.3) is 0 Å². The first-order valence-corrected chi connectivity index (χ1v) is 8.91. The molecule has 0 aliphatic heterocycles. The van der Waals surface area contributed by atoms with Crippen molar-refractivity contribution >= 4 is 35.1 Å². The van der Waals surface area contributed by atoms with Crippen LogP contribution in [0.1, 0.15) is 42.3 Å². The standard InChI is InChI=1S/C20H21Cl2NO3/c1-20(2,3)14-9-7-13(8-10-14)19(25)23-11-18(24)26-12-15-16(21)5-4-6-17(15)22/h4-10H,11-12H2,1-3H3,(H,23,25). The first kappa shape index (κ1) is 20.3. The molecule has 0 radical (unpaired) electrons. The van der Waals surface area contributed by atoms with Crippen molar-refractivity contribution in [2.45, 2.75) is 32.8 Å². The van der Waals surface area contributed by atoms with Crippen molar-refractivity contribution in [3.63, 3.8) is 0 Å². The van der Waals surface area contributed by atoms with E-state index in [-0.39, 0.29) is 24.5 Å². The number of esters is 1. The van der Waals surface area contributed by atoms with E-state index in [0.717, 1.165) is 5.56 Å². The molecule has 2 aromatic rings. The number of amides is 1. The number of nitrogens with one attached hydrogen (secondary N) is 1. The number of ether oxygens (including phenoxy) is 1. The molecule has 1 amide bonds. The second kappa shape index (κ2) is 8.56. The molecule has 0 fully saturated rings. The quantitative estimate of drug-likeness (QED) is 0.744. The Hall–Kier alpha value is -2.04. The third-order valence-corrected chi connectivity index (χ3v) is 4.55. The topological polar surface area (TPSA) is 55.4 Å². The molecule has 138 valence electrons. The van der Waals surface area contributed by atoms with Gasteiger partial charge in [0.2, 0.25) is 0 Å². The van der Waals surface area contributed by atoms with Crippen LogP contribution in [-0.4, -0.2) is 18.4 Å². The Morgan fingerprint density at radius 1 is 1.00 bits per heavy atom. The highest BCUT2D eigenvalue weighted by Crippen LogP contribution is 2.25. The Morgan fingerprint density at radius 2 is 1.58 bits per heavy atom. The molecule has 26 heavy (non-hydrogen) atoms. The van der Waals surface area contributed by atoms with Crippen molar-refractivity contribution in [2.75, 3.05) is 6.54 Å². The van der Waals surface area contributed by atoms with E-state index in [4.69, 9.17) is 27.9 Å². The Morgan fingerprint density at radius 3 is 2.12 bits per heavy atom. The number of benzene rings is 2. The van der Waals surface area contributed by atoms with Gasteiger partial charge in [-0.2, -0.15) is 0 Å². The average molecular weight is 394 g/mol. The minimum atomic E-state index is -0.569. The first-order valence-electron chi connectivity index (χ1n) is 8.16. The average Bonchev–Trinajstić information content (AvgIpc) is 2.58. The molecule has 4 nitrogen and oxygen atoms in total. The Labute approximate surface area is 163 Å². The number of carbonyl (C=O) groups is 2. The number of hydrogen-bond donors (Lipinski definition) is 1. The highest BCUT2D eigenvalue weighted by Gasteiger charge is 2.15. The van der Waals surface area contributed by atoms with Gasteiger partial charge in [-0.1, -0.05) is 62.2 Å². The molecule has 0 aliphatic carbocycles. The maximum Gasteiger partial charge on any atom is 0.325 e. The predicted octanol–water partition coefficient (Wildman–Crippen LogP) is 4.76. The third kappa shape index (κ3) is 5.48. The Kier molecular flexibility index (Phi) is 6.68.